The van der Waals surface area contributed by atoms with Crippen molar-refractivity contribution in [2.45, 2.75) is 17.9 Å². The average Bonchev–Trinajstić information content (AvgIpc) is 3.04. The smallest absolute Gasteiger partial charge is 0.193 e. The Balaban J connectivity index is 1.79. The third-order valence-corrected chi connectivity index (χ3v) is 4.73. The maximum absolute atomic E-state index is 12.9. The zero-order chi connectivity index (χ0) is 14.4. The highest BCUT2D eigenvalue weighted by molar-refractivity contribution is 6.30. The fourth-order valence-corrected chi connectivity index (χ4v) is 3.53. The van der Waals surface area contributed by atoms with Crippen LogP contribution < -0.4 is 0 Å². The fourth-order valence-electron chi connectivity index (χ4n) is 3.41. The van der Waals surface area contributed by atoms with Crippen molar-refractivity contribution in [1.82, 2.24) is 0 Å². The number of carbonyl (C=O) groups is 1. The first-order chi connectivity index (χ1) is 10.2. The fraction of sp³-hybridized carbons (Fsp3) is 0.235. The molecule has 4 rings (SSSR count). The van der Waals surface area contributed by atoms with Crippen LogP contribution in [0.3, 0.4) is 0 Å². The largest absolute Gasteiger partial charge is 0.291 e. The van der Waals surface area contributed by atoms with E-state index in [0.717, 1.165) is 16.7 Å². The van der Waals surface area contributed by atoms with E-state index in [0.29, 0.717) is 18.0 Å². The van der Waals surface area contributed by atoms with Crippen LogP contribution in [0.2, 0.25) is 5.02 Å². The van der Waals surface area contributed by atoms with E-state index in [1.165, 1.54) is 0 Å². The Kier molecular flexibility index (Phi) is 2.73. The maximum Gasteiger partial charge on any atom is 0.193 e. The predicted molar refractivity (Wildman–Crippen MR) is 81.1 cm³/mol. The van der Waals surface area contributed by atoms with Crippen molar-refractivity contribution in [2.75, 3.05) is 6.54 Å². The zero-order valence-corrected chi connectivity index (χ0v) is 12.0. The van der Waals surface area contributed by atoms with Crippen LogP contribution in [0.1, 0.15) is 27.4 Å². The lowest BCUT2D eigenvalue weighted by Crippen LogP contribution is -2.38. The number of nitrogens with zero attached hydrogens (tertiary/aromatic N) is 2. The molecule has 0 bridgehead atoms. The van der Waals surface area contributed by atoms with E-state index in [2.05, 4.69) is 10.2 Å². The second-order valence-corrected chi connectivity index (χ2v) is 6.05. The second kappa shape index (κ2) is 4.50. The topological polar surface area (TPSA) is 41.8 Å². The van der Waals surface area contributed by atoms with Gasteiger partial charge in [-0.05, 0) is 23.3 Å². The standard InChI is InChI=1S/C17H13ClN2O/c18-13-7-5-11(6-8-13)15-10-19-20-17(15)9-12-3-1-2-4-14(12)16(17)21/h1-8,15H,9-10H2/t15-,17-/m0/s1. The summed E-state index contributed by atoms with van der Waals surface area (Å²) >= 11 is 5.96. The summed E-state index contributed by atoms with van der Waals surface area (Å²) in [7, 11) is 0. The van der Waals surface area contributed by atoms with Crippen molar-refractivity contribution in [1.29, 1.82) is 0 Å². The van der Waals surface area contributed by atoms with Crippen LogP contribution in [0.4, 0.5) is 0 Å². The van der Waals surface area contributed by atoms with Crippen LogP contribution in [-0.2, 0) is 6.42 Å². The van der Waals surface area contributed by atoms with E-state index in [-0.39, 0.29) is 11.7 Å². The number of hydrogen-bond acceptors (Lipinski definition) is 3. The third kappa shape index (κ3) is 1.77. The lowest BCUT2D eigenvalue weighted by Gasteiger charge is -2.25. The number of benzene rings is 2. The molecule has 0 amide bonds. The molecule has 104 valence electrons. The molecule has 2 aliphatic rings. The molecule has 2 aromatic carbocycles. The molecule has 1 aliphatic heterocycles. The first-order valence-electron chi connectivity index (χ1n) is 6.97. The van der Waals surface area contributed by atoms with Crippen LogP contribution in [0.5, 0.6) is 0 Å². The van der Waals surface area contributed by atoms with Crippen molar-refractivity contribution in [3.05, 3.63) is 70.2 Å². The van der Waals surface area contributed by atoms with Crippen LogP contribution in [-0.4, -0.2) is 17.9 Å². The van der Waals surface area contributed by atoms with Gasteiger partial charge in [0, 0.05) is 22.9 Å². The maximum atomic E-state index is 12.9. The van der Waals surface area contributed by atoms with Gasteiger partial charge in [-0.3, -0.25) is 4.79 Å². The molecule has 4 heteroatoms. The molecule has 0 radical (unpaired) electrons. The molecule has 2 atom stereocenters. The van der Waals surface area contributed by atoms with E-state index < -0.39 is 5.54 Å². The molecule has 3 nitrogen and oxygen atoms in total. The minimum Gasteiger partial charge on any atom is -0.291 e. The molecule has 0 fully saturated rings. The number of rotatable bonds is 1. The molecular formula is C17H13ClN2O. The normalized spacial score (nSPS) is 26.5. The molecular weight excluding hydrogens is 284 g/mol. The first-order valence-corrected chi connectivity index (χ1v) is 7.35. The average molecular weight is 297 g/mol. The van der Waals surface area contributed by atoms with Gasteiger partial charge in [-0.2, -0.15) is 10.2 Å². The summed E-state index contributed by atoms with van der Waals surface area (Å²) in [6, 6.07) is 15.4. The van der Waals surface area contributed by atoms with E-state index in [1.807, 2.05) is 48.5 Å². The number of halogens is 1. The van der Waals surface area contributed by atoms with E-state index >= 15 is 0 Å². The molecule has 0 saturated carbocycles. The SMILES string of the molecule is O=C1c2ccccc2C[C@@]12N=NC[C@H]2c1ccc(Cl)cc1. The van der Waals surface area contributed by atoms with Crippen molar-refractivity contribution < 1.29 is 4.79 Å². The monoisotopic (exact) mass is 296 g/mol. The number of ketones is 1. The lowest BCUT2D eigenvalue weighted by molar-refractivity contribution is 0.0897. The van der Waals surface area contributed by atoms with Crippen LogP contribution in [0.15, 0.2) is 58.8 Å². The van der Waals surface area contributed by atoms with Crippen molar-refractivity contribution >= 4 is 17.4 Å². The Morgan fingerprint density at radius 1 is 1.10 bits per heavy atom. The molecule has 0 aromatic heterocycles. The second-order valence-electron chi connectivity index (χ2n) is 5.62. The molecule has 2 aromatic rings. The number of azo groups is 1. The quantitative estimate of drug-likeness (QED) is 0.782. The van der Waals surface area contributed by atoms with Gasteiger partial charge < -0.3 is 0 Å². The molecule has 1 aliphatic carbocycles. The summed E-state index contributed by atoms with van der Waals surface area (Å²) in [5.74, 6) is 0.0916. The van der Waals surface area contributed by atoms with Crippen molar-refractivity contribution in [3.63, 3.8) is 0 Å². The summed E-state index contributed by atoms with van der Waals surface area (Å²) in [4.78, 5) is 12.9. The third-order valence-electron chi connectivity index (χ3n) is 4.48. The summed E-state index contributed by atoms with van der Waals surface area (Å²) in [5.41, 5.74) is 2.18. The Morgan fingerprint density at radius 3 is 2.62 bits per heavy atom. The van der Waals surface area contributed by atoms with Gasteiger partial charge in [0.15, 0.2) is 11.3 Å². The summed E-state index contributed by atoms with van der Waals surface area (Å²) < 4.78 is 0. The highest BCUT2D eigenvalue weighted by Gasteiger charge is 2.54. The summed E-state index contributed by atoms with van der Waals surface area (Å²) in [5, 5.41) is 9.28. The molecule has 0 saturated heterocycles. The van der Waals surface area contributed by atoms with E-state index in [1.54, 1.807) is 0 Å². The van der Waals surface area contributed by atoms with Gasteiger partial charge in [0.25, 0.3) is 0 Å². The van der Waals surface area contributed by atoms with Gasteiger partial charge >= 0.3 is 0 Å². The van der Waals surface area contributed by atoms with Gasteiger partial charge in [-0.25, -0.2) is 0 Å². The molecule has 21 heavy (non-hydrogen) atoms. The van der Waals surface area contributed by atoms with Gasteiger partial charge in [0.05, 0.1) is 6.54 Å². The lowest BCUT2D eigenvalue weighted by atomic mass is 9.78. The van der Waals surface area contributed by atoms with Crippen molar-refractivity contribution in [2.24, 2.45) is 10.2 Å². The van der Waals surface area contributed by atoms with E-state index in [4.69, 9.17) is 11.6 Å². The molecule has 1 spiro atoms. The number of fused-ring (bicyclic) bond motifs is 1. The van der Waals surface area contributed by atoms with Crippen LogP contribution in [0.25, 0.3) is 0 Å². The number of Topliss-reactive ketones (excluding diaryl/α,β-unsaturated/α-hetero) is 1. The van der Waals surface area contributed by atoms with Gasteiger partial charge in [-0.15, -0.1) is 0 Å². The highest BCUT2D eigenvalue weighted by atomic mass is 35.5. The predicted octanol–water partition coefficient (Wildman–Crippen LogP) is 4.07. The minimum atomic E-state index is -0.752. The zero-order valence-electron chi connectivity index (χ0n) is 11.3. The number of carbonyl (C=O) groups excluding carboxylic acids is 1. The Morgan fingerprint density at radius 2 is 1.86 bits per heavy atom. The highest BCUT2D eigenvalue weighted by Crippen LogP contribution is 2.46. The van der Waals surface area contributed by atoms with Crippen molar-refractivity contribution in [3.8, 4) is 0 Å². The van der Waals surface area contributed by atoms with E-state index in [9.17, 15) is 4.79 Å². The Hall–Kier alpha value is -2.00. The summed E-state index contributed by atoms with van der Waals surface area (Å²) in [6.45, 7) is 0.557. The van der Waals surface area contributed by atoms with Crippen LogP contribution >= 0.6 is 11.6 Å². The summed E-state index contributed by atoms with van der Waals surface area (Å²) in [6.07, 6.45) is 0.638. The van der Waals surface area contributed by atoms with Crippen LogP contribution in [0, 0.1) is 0 Å². The first kappa shape index (κ1) is 12.7. The Labute approximate surface area is 127 Å². The molecule has 0 N–H and O–H groups in total. The number of hydrogen-bond donors (Lipinski definition) is 0. The van der Waals surface area contributed by atoms with Gasteiger partial charge in [-0.1, -0.05) is 48.0 Å². The van der Waals surface area contributed by atoms with Gasteiger partial charge in [0.2, 0.25) is 0 Å². The minimum absolute atomic E-state index is 0.00494. The Bertz CT molecular complexity index is 754. The van der Waals surface area contributed by atoms with Gasteiger partial charge in [0.1, 0.15) is 0 Å². The molecule has 0 unspecified atom stereocenters. The molecule has 1 heterocycles.